The van der Waals surface area contributed by atoms with Crippen LogP contribution in [0, 0.1) is 3.57 Å². The zero-order valence-electron chi connectivity index (χ0n) is 5.34. The number of halogens is 2. The number of hydrogen-bond donors (Lipinski definition) is 0. The second-order valence-corrected chi connectivity index (χ2v) is 3.74. The zero-order chi connectivity index (χ0) is 7.84. The first-order chi connectivity index (χ1) is 5.27. The molecule has 0 aliphatic rings. The molecule has 0 N–H and O–H groups in total. The molecule has 2 nitrogen and oxygen atoms in total. The molecule has 0 bridgehead atoms. The van der Waals surface area contributed by atoms with Crippen LogP contribution >= 0.6 is 34.2 Å². The summed E-state index contributed by atoms with van der Waals surface area (Å²) in [6.45, 7) is 0. The summed E-state index contributed by atoms with van der Waals surface area (Å²) in [6.07, 6.45) is 1.40. The van der Waals surface area contributed by atoms with Gasteiger partial charge in [-0.25, -0.2) is 4.98 Å². The molecule has 0 atom stereocenters. The molecule has 0 aliphatic heterocycles. The van der Waals surface area contributed by atoms with Crippen molar-refractivity contribution in [3.8, 4) is 0 Å². The van der Waals surface area contributed by atoms with Crippen LogP contribution in [0.25, 0.3) is 11.1 Å². The first-order valence-electron chi connectivity index (χ1n) is 2.95. The van der Waals surface area contributed by atoms with Crippen molar-refractivity contribution < 1.29 is 4.42 Å². The predicted molar refractivity (Wildman–Crippen MR) is 51.7 cm³/mol. The lowest BCUT2D eigenvalue weighted by Crippen LogP contribution is -1.73. The summed E-state index contributed by atoms with van der Waals surface area (Å²) >= 11 is 8.06. The van der Waals surface area contributed by atoms with Gasteiger partial charge in [-0.05, 0) is 34.7 Å². The van der Waals surface area contributed by atoms with Crippen molar-refractivity contribution in [1.82, 2.24) is 4.98 Å². The lowest BCUT2D eigenvalue weighted by atomic mass is 10.3. The number of benzene rings is 1. The Labute approximate surface area is 81.7 Å². The molecular formula is C7H3ClINO. The molecule has 0 aliphatic carbocycles. The number of nitrogens with zero attached hydrogens (tertiary/aromatic N) is 1. The van der Waals surface area contributed by atoms with Crippen LogP contribution in [0.3, 0.4) is 0 Å². The maximum absolute atomic E-state index is 5.88. The molecule has 0 fully saturated rings. The fraction of sp³-hybridized carbons (Fsp3) is 0. The summed E-state index contributed by atoms with van der Waals surface area (Å²) in [5.41, 5.74) is 1.47. The van der Waals surface area contributed by atoms with Crippen LogP contribution in [0.1, 0.15) is 0 Å². The molecule has 0 spiro atoms. The highest BCUT2D eigenvalue weighted by Crippen LogP contribution is 2.24. The molecule has 2 aromatic rings. The predicted octanol–water partition coefficient (Wildman–Crippen LogP) is 3.09. The van der Waals surface area contributed by atoms with Gasteiger partial charge in [0.05, 0.1) is 5.02 Å². The van der Waals surface area contributed by atoms with E-state index in [9.17, 15) is 0 Å². The van der Waals surface area contributed by atoms with E-state index in [0.717, 1.165) is 14.7 Å². The van der Waals surface area contributed by atoms with E-state index in [1.54, 1.807) is 0 Å². The van der Waals surface area contributed by atoms with Crippen molar-refractivity contribution in [2.75, 3.05) is 0 Å². The Hall–Kier alpha value is -0.290. The van der Waals surface area contributed by atoms with Crippen molar-refractivity contribution in [3.05, 3.63) is 27.1 Å². The first kappa shape index (κ1) is 7.36. The number of hydrogen-bond acceptors (Lipinski definition) is 2. The second kappa shape index (κ2) is 2.64. The van der Waals surface area contributed by atoms with E-state index in [-0.39, 0.29) is 0 Å². The van der Waals surface area contributed by atoms with Crippen LogP contribution in [0.15, 0.2) is 22.9 Å². The molecule has 2 rings (SSSR count). The van der Waals surface area contributed by atoms with Gasteiger partial charge in [-0.15, -0.1) is 0 Å². The fourth-order valence-corrected chi connectivity index (χ4v) is 1.93. The molecule has 0 radical (unpaired) electrons. The smallest absolute Gasteiger partial charge is 0.182 e. The number of aromatic nitrogens is 1. The van der Waals surface area contributed by atoms with E-state index in [0.29, 0.717) is 5.02 Å². The molecule has 0 saturated carbocycles. The number of fused-ring (bicyclic) bond motifs is 1. The Morgan fingerprint density at radius 1 is 1.45 bits per heavy atom. The first-order valence-corrected chi connectivity index (χ1v) is 4.41. The summed E-state index contributed by atoms with van der Waals surface area (Å²) < 4.78 is 6.13. The zero-order valence-corrected chi connectivity index (χ0v) is 8.26. The van der Waals surface area contributed by atoms with E-state index in [1.165, 1.54) is 6.39 Å². The molecule has 0 amide bonds. The van der Waals surface area contributed by atoms with Gasteiger partial charge in [0, 0.05) is 3.57 Å². The maximum Gasteiger partial charge on any atom is 0.182 e. The third-order valence-corrected chi connectivity index (χ3v) is 2.27. The summed E-state index contributed by atoms with van der Waals surface area (Å²) in [5.74, 6) is 0. The second-order valence-electron chi connectivity index (χ2n) is 2.09. The van der Waals surface area contributed by atoms with Crippen molar-refractivity contribution in [2.45, 2.75) is 0 Å². The monoisotopic (exact) mass is 279 g/mol. The average molecular weight is 279 g/mol. The molecule has 56 valence electrons. The molecule has 11 heavy (non-hydrogen) atoms. The maximum atomic E-state index is 5.88. The highest BCUT2D eigenvalue weighted by molar-refractivity contribution is 14.1. The Morgan fingerprint density at radius 3 is 3.09 bits per heavy atom. The molecule has 1 aromatic carbocycles. The number of oxazole rings is 1. The van der Waals surface area contributed by atoms with E-state index in [1.807, 2.05) is 12.1 Å². The quantitative estimate of drug-likeness (QED) is 0.693. The summed E-state index contributed by atoms with van der Waals surface area (Å²) in [4.78, 5) is 3.96. The van der Waals surface area contributed by atoms with Crippen LogP contribution < -0.4 is 0 Å². The molecule has 0 unspecified atom stereocenters. The normalized spacial score (nSPS) is 10.7. The molecule has 4 heteroatoms. The summed E-state index contributed by atoms with van der Waals surface area (Å²) in [5, 5.41) is 0.639. The van der Waals surface area contributed by atoms with Crippen LogP contribution in [0.2, 0.25) is 5.02 Å². The van der Waals surface area contributed by atoms with Crippen LogP contribution in [0.5, 0.6) is 0 Å². The highest BCUT2D eigenvalue weighted by atomic mass is 127. The van der Waals surface area contributed by atoms with Crippen LogP contribution in [-0.2, 0) is 0 Å². The minimum Gasteiger partial charge on any atom is -0.443 e. The van der Waals surface area contributed by atoms with Crippen molar-refractivity contribution in [1.29, 1.82) is 0 Å². The fourth-order valence-electron chi connectivity index (χ4n) is 0.893. The minimum absolute atomic E-state index is 0.639. The van der Waals surface area contributed by atoms with Crippen LogP contribution in [0.4, 0.5) is 0 Å². The molecule has 1 aromatic heterocycles. The van der Waals surface area contributed by atoms with E-state index >= 15 is 0 Å². The lowest BCUT2D eigenvalue weighted by molar-refractivity contribution is 0.602. The molecule has 1 heterocycles. The molecule has 0 saturated heterocycles. The van der Waals surface area contributed by atoms with Gasteiger partial charge in [-0.3, -0.25) is 0 Å². The lowest BCUT2D eigenvalue weighted by Gasteiger charge is -1.91. The average Bonchev–Trinajstić information content (AvgIpc) is 2.34. The Kier molecular flexibility index (Phi) is 1.77. The van der Waals surface area contributed by atoms with E-state index in [4.69, 9.17) is 16.0 Å². The van der Waals surface area contributed by atoms with Gasteiger partial charge >= 0.3 is 0 Å². The van der Waals surface area contributed by atoms with Crippen molar-refractivity contribution in [2.24, 2.45) is 0 Å². The topological polar surface area (TPSA) is 26.0 Å². The van der Waals surface area contributed by atoms with Gasteiger partial charge in [0.25, 0.3) is 0 Å². The van der Waals surface area contributed by atoms with Crippen LogP contribution in [-0.4, -0.2) is 4.98 Å². The largest absolute Gasteiger partial charge is 0.443 e. The molecular weight excluding hydrogens is 276 g/mol. The van der Waals surface area contributed by atoms with Gasteiger partial charge in [-0.1, -0.05) is 11.6 Å². The number of rotatable bonds is 0. The Bertz CT molecular complexity index is 398. The van der Waals surface area contributed by atoms with Gasteiger partial charge in [0.1, 0.15) is 5.52 Å². The highest BCUT2D eigenvalue weighted by Gasteiger charge is 2.03. The van der Waals surface area contributed by atoms with Crippen molar-refractivity contribution in [3.63, 3.8) is 0 Å². The van der Waals surface area contributed by atoms with Gasteiger partial charge < -0.3 is 4.42 Å². The Balaban J connectivity index is 2.91. The SMILES string of the molecule is Clc1cc(I)cc2ocnc12. The van der Waals surface area contributed by atoms with Gasteiger partial charge in [0.2, 0.25) is 0 Å². The van der Waals surface area contributed by atoms with E-state index < -0.39 is 0 Å². The van der Waals surface area contributed by atoms with Crippen molar-refractivity contribution >= 4 is 45.3 Å². The minimum atomic E-state index is 0.639. The summed E-state index contributed by atoms with van der Waals surface area (Å²) in [7, 11) is 0. The van der Waals surface area contributed by atoms with E-state index in [2.05, 4.69) is 27.6 Å². The summed E-state index contributed by atoms with van der Waals surface area (Å²) in [6, 6.07) is 3.75. The third-order valence-electron chi connectivity index (χ3n) is 1.35. The van der Waals surface area contributed by atoms with Gasteiger partial charge in [-0.2, -0.15) is 0 Å². The Morgan fingerprint density at radius 2 is 2.27 bits per heavy atom. The van der Waals surface area contributed by atoms with Gasteiger partial charge in [0.15, 0.2) is 12.0 Å². The standard InChI is InChI=1S/C7H3ClINO/c8-5-1-4(9)2-6-7(5)10-3-11-6/h1-3H. The third kappa shape index (κ3) is 1.22.